The fourth-order valence-electron chi connectivity index (χ4n) is 3.11. The smallest absolute Gasteiger partial charge is 0.335 e. The zero-order chi connectivity index (χ0) is 22.4. The fourth-order valence-corrected chi connectivity index (χ4v) is 3.42. The third-order valence-corrected chi connectivity index (χ3v) is 5.20. The maximum absolute atomic E-state index is 13.0. The van der Waals surface area contributed by atoms with Crippen LogP contribution in [0.3, 0.4) is 0 Å². The van der Waals surface area contributed by atoms with E-state index >= 15 is 0 Å². The van der Waals surface area contributed by atoms with Crippen LogP contribution in [-0.4, -0.2) is 24.5 Å². The number of imide groups is 2. The van der Waals surface area contributed by atoms with Crippen molar-refractivity contribution in [3.8, 4) is 5.75 Å². The number of anilines is 1. The lowest BCUT2D eigenvalue weighted by atomic mass is 10.1. The van der Waals surface area contributed by atoms with Crippen LogP contribution in [0.1, 0.15) is 38.2 Å². The number of carbonyl (C=O) groups is 3. The number of nitrogens with one attached hydrogen (secondary N) is 1. The van der Waals surface area contributed by atoms with Gasteiger partial charge < -0.3 is 4.74 Å². The minimum Gasteiger partial charge on any atom is -0.493 e. The van der Waals surface area contributed by atoms with Gasteiger partial charge in [-0.2, -0.15) is 0 Å². The summed E-state index contributed by atoms with van der Waals surface area (Å²) >= 11 is 12.0. The SMILES string of the molecule is CCCCCCOc1ccc(Cl)cc1/C=C1/C(=O)NC(=O)N(c2ccc(Cl)cc2)C1=O. The predicted molar refractivity (Wildman–Crippen MR) is 122 cm³/mol. The van der Waals surface area contributed by atoms with E-state index in [1.807, 2.05) is 0 Å². The summed E-state index contributed by atoms with van der Waals surface area (Å²) in [7, 11) is 0. The van der Waals surface area contributed by atoms with E-state index in [-0.39, 0.29) is 5.57 Å². The van der Waals surface area contributed by atoms with E-state index in [0.29, 0.717) is 33.7 Å². The Morgan fingerprint density at radius 2 is 1.68 bits per heavy atom. The Morgan fingerprint density at radius 1 is 0.968 bits per heavy atom. The summed E-state index contributed by atoms with van der Waals surface area (Å²) < 4.78 is 5.86. The van der Waals surface area contributed by atoms with E-state index in [4.69, 9.17) is 27.9 Å². The molecule has 4 amide bonds. The first-order valence-corrected chi connectivity index (χ1v) is 10.8. The second-order valence-electron chi connectivity index (χ2n) is 7.03. The predicted octanol–water partition coefficient (Wildman–Crippen LogP) is 5.62. The first-order chi connectivity index (χ1) is 14.9. The maximum Gasteiger partial charge on any atom is 0.335 e. The van der Waals surface area contributed by atoms with Gasteiger partial charge in [-0.25, -0.2) is 9.69 Å². The molecule has 1 fully saturated rings. The molecule has 8 heteroatoms. The van der Waals surface area contributed by atoms with E-state index in [0.717, 1.165) is 30.6 Å². The number of nitrogens with zero attached hydrogens (tertiary/aromatic N) is 1. The van der Waals surface area contributed by atoms with Crippen molar-refractivity contribution in [3.05, 3.63) is 63.6 Å². The molecule has 0 saturated carbocycles. The highest BCUT2D eigenvalue weighted by atomic mass is 35.5. The van der Waals surface area contributed by atoms with Gasteiger partial charge in [0.25, 0.3) is 11.8 Å². The zero-order valence-corrected chi connectivity index (χ0v) is 18.5. The number of urea groups is 1. The summed E-state index contributed by atoms with van der Waals surface area (Å²) in [5, 5.41) is 3.08. The Balaban J connectivity index is 1.89. The molecule has 31 heavy (non-hydrogen) atoms. The molecule has 1 saturated heterocycles. The van der Waals surface area contributed by atoms with Gasteiger partial charge in [0, 0.05) is 15.6 Å². The number of carbonyl (C=O) groups excluding carboxylic acids is 3. The van der Waals surface area contributed by atoms with Crippen molar-refractivity contribution in [2.75, 3.05) is 11.5 Å². The lowest BCUT2D eigenvalue weighted by Crippen LogP contribution is -2.54. The Morgan fingerprint density at radius 3 is 2.39 bits per heavy atom. The number of unbranched alkanes of at least 4 members (excludes halogenated alkanes) is 3. The number of rotatable bonds is 8. The molecule has 6 nitrogen and oxygen atoms in total. The standard InChI is InChI=1S/C23H22Cl2N2O4/c1-2-3-4-5-12-31-20-11-8-17(25)13-15(20)14-19-21(28)26-23(30)27(22(19)29)18-9-6-16(24)7-10-18/h6-11,13-14H,2-5,12H2,1H3,(H,26,28,30)/b19-14-. The average Bonchev–Trinajstić information content (AvgIpc) is 2.73. The second-order valence-corrected chi connectivity index (χ2v) is 7.90. The highest BCUT2D eigenvalue weighted by Crippen LogP contribution is 2.28. The molecule has 0 bridgehead atoms. The summed E-state index contributed by atoms with van der Waals surface area (Å²) in [6.45, 7) is 2.64. The molecule has 0 aromatic heterocycles. The van der Waals surface area contributed by atoms with Gasteiger partial charge in [0.15, 0.2) is 0 Å². The van der Waals surface area contributed by atoms with E-state index in [9.17, 15) is 14.4 Å². The molecule has 1 aliphatic heterocycles. The average molecular weight is 461 g/mol. The summed E-state index contributed by atoms with van der Waals surface area (Å²) in [6, 6.07) is 10.3. The Bertz CT molecular complexity index is 1020. The van der Waals surface area contributed by atoms with Crippen LogP contribution in [0.25, 0.3) is 6.08 Å². The van der Waals surface area contributed by atoms with Crippen molar-refractivity contribution in [2.24, 2.45) is 0 Å². The van der Waals surface area contributed by atoms with E-state index < -0.39 is 17.8 Å². The fraction of sp³-hybridized carbons (Fsp3) is 0.261. The third-order valence-electron chi connectivity index (χ3n) is 4.71. The maximum atomic E-state index is 13.0. The summed E-state index contributed by atoms with van der Waals surface area (Å²) in [5.41, 5.74) is 0.573. The molecule has 0 spiro atoms. The van der Waals surface area contributed by atoms with Gasteiger partial charge in [0.1, 0.15) is 11.3 Å². The second kappa shape index (κ2) is 10.5. The quantitative estimate of drug-likeness (QED) is 0.315. The van der Waals surface area contributed by atoms with Gasteiger partial charge in [-0.3, -0.25) is 14.9 Å². The first kappa shape index (κ1) is 22.8. The molecular weight excluding hydrogens is 439 g/mol. The molecule has 0 radical (unpaired) electrons. The number of barbiturate groups is 1. The summed E-state index contributed by atoms with van der Waals surface area (Å²) in [5.74, 6) is -1.03. The third kappa shape index (κ3) is 5.66. The zero-order valence-electron chi connectivity index (χ0n) is 17.0. The molecule has 162 valence electrons. The topological polar surface area (TPSA) is 75.7 Å². The first-order valence-electron chi connectivity index (χ1n) is 10.00. The van der Waals surface area contributed by atoms with Crippen molar-refractivity contribution < 1.29 is 19.1 Å². The van der Waals surface area contributed by atoms with Gasteiger partial charge in [-0.05, 0) is 55.0 Å². The van der Waals surface area contributed by atoms with Crippen LogP contribution in [-0.2, 0) is 9.59 Å². The van der Waals surface area contributed by atoms with Crippen molar-refractivity contribution in [3.63, 3.8) is 0 Å². The summed E-state index contributed by atoms with van der Waals surface area (Å²) in [6.07, 6.45) is 5.59. The highest BCUT2D eigenvalue weighted by Gasteiger charge is 2.37. The summed E-state index contributed by atoms with van der Waals surface area (Å²) in [4.78, 5) is 38.7. The molecule has 1 heterocycles. The van der Waals surface area contributed by atoms with E-state index in [1.54, 1.807) is 30.3 Å². The molecule has 0 aliphatic carbocycles. The number of benzene rings is 2. The molecule has 0 unspecified atom stereocenters. The number of ether oxygens (including phenoxy) is 1. The largest absolute Gasteiger partial charge is 0.493 e. The molecule has 1 N–H and O–H groups in total. The van der Waals surface area contributed by atoms with Crippen LogP contribution in [0.15, 0.2) is 48.0 Å². The number of hydrogen-bond donors (Lipinski definition) is 1. The van der Waals surface area contributed by atoms with Gasteiger partial charge >= 0.3 is 6.03 Å². The molecule has 2 aromatic carbocycles. The molecular formula is C23H22Cl2N2O4. The van der Waals surface area contributed by atoms with Crippen molar-refractivity contribution in [2.45, 2.75) is 32.6 Å². The van der Waals surface area contributed by atoms with Crippen LogP contribution < -0.4 is 15.0 Å². The van der Waals surface area contributed by atoms with E-state index in [2.05, 4.69) is 12.2 Å². The van der Waals surface area contributed by atoms with Crippen LogP contribution in [0.5, 0.6) is 5.75 Å². The van der Waals surface area contributed by atoms with Crippen molar-refractivity contribution >= 4 is 52.8 Å². The van der Waals surface area contributed by atoms with Gasteiger partial charge in [0.05, 0.1) is 12.3 Å². The minimum atomic E-state index is -0.826. The molecule has 2 aromatic rings. The normalized spacial score (nSPS) is 15.4. The lowest BCUT2D eigenvalue weighted by Gasteiger charge is -2.26. The number of halogens is 2. The highest BCUT2D eigenvalue weighted by molar-refractivity contribution is 6.39. The van der Waals surface area contributed by atoms with Crippen molar-refractivity contribution in [1.82, 2.24) is 5.32 Å². The Kier molecular flexibility index (Phi) is 7.71. The van der Waals surface area contributed by atoms with Gasteiger partial charge in [0.2, 0.25) is 0 Å². The molecule has 1 aliphatic rings. The van der Waals surface area contributed by atoms with Gasteiger partial charge in [-0.1, -0.05) is 49.4 Å². The lowest BCUT2D eigenvalue weighted by molar-refractivity contribution is -0.122. The van der Waals surface area contributed by atoms with Crippen LogP contribution in [0, 0.1) is 0 Å². The monoisotopic (exact) mass is 460 g/mol. The van der Waals surface area contributed by atoms with Crippen LogP contribution in [0.4, 0.5) is 10.5 Å². The number of hydrogen-bond acceptors (Lipinski definition) is 4. The van der Waals surface area contributed by atoms with Crippen LogP contribution in [0.2, 0.25) is 10.0 Å². The van der Waals surface area contributed by atoms with Crippen LogP contribution >= 0.6 is 23.2 Å². The van der Waals surface area contributed by atoms with E-state index in [1.165, 1.54) is 18.2 Å². The Labute approximate surface area is 190 Å². The Hall–Kier alpha value is -2.83. The molecule has 0 atom stereocenters. The van der Waals surface area contributed by atoms with Crippen molar-refractivity contribution in [1.29, 1.82) is 0 Å². The van der Waals surface area contributed by atoms with Gasteiger partial charge in [-0.15, -0.1) is 0 Å². The minimum absolute atomic E-state index is 0.201. The molecule has 3 rings (SSSR count). The number of amides is 4.